The highest BCUT2D eigenvalue weighted by Gasteiger charge is 2.35. The first-order chi connectivity index (χ1) is 8.43. The maximum Gasteiger partial charge on any atom is 0.0839 e. The molecule has 0 aromatic rings. The van der Waals surface area contributed by atoms with Crippen LogP contribution in [0.2, 0.25) is 0 Å². The van der Waals surface area contributed by atoms with Crippen molar-refractivity contribution in [2.75, 3.05) is 26.4 Å². The zero-order valence-corrected chi connectivity index (χ0v) is 10.6. The van der Waals surface area contributed by atoms with Gasteiger partial charge in [-0.1, -0.05) is 0 Å². The first-order valence-corrected chi connectivity index (χ1v) is 7.24. The van der Waals surface area contributed by atoms with Crippen molar-refractivity contribution in [1.29, 1.82) is 0 Å². The van der Waals surface area contributed by atoms with Crippen LogP contribution in [0.3, 0.4) is 0 Å². The smallest absolute Gasteiger partial charge is 0.0839 e. The van der Waals surface area contributed by atoms with Gasteiger partial charge >= 0.3 is 0 Å². The maximum absolute atomic E-state index is 5.92. The first kappa shape index (κ1) is 11.9. The Morgan fingerprint density at radius 2 is 1.59 bits per heavy atom. The monoisotopic (exact) mass is 240 g/mol. The lowest BCUT2D eigenvalue weighted by molar-refractivity contribution is -0.101. The normalized spacial score (nSPS) is 43.8. The van der Waals surface area contributed by atoms with Crippen LogP contribution in [0, 0.1) is 11.8 Å². The van der Waals surface area contributed by atoms with Crippen molar-refractivity contribution in [1.82, 2.24) is 0 Å². The molecule has 3 nitrogen and oxygen atoms in total. The average molecular weight is 240 g/mol. The minimum Gasteiger partial charge on any atom is -0.381 e. The van der Waals surface area contributed by atoms with Crippen LogP contribution < -0.4 is 0 Å². The second-order valence-corrected chi connectivity index (χ2v) is 5.72. The zero-order chi connectivity index (χ0) is 11.5. The minimum atomic E-state index is 0.359. The molecule has 98 valence electrons. The van der Waals surface area contributed by atoms with Gasteiger partial charge in [0.2, 0.25) is 0 Å². The molecular weight excluding hydrogens is 216 g/mol. The van der Waals surface area contributed by atoms with Crippen LogP contribution in [-0.4, -0.2) is 38.6 Å². The third-order valence-electron chi connectivity index (χ3n) is 4.60. The molecule has 0 saturated carbocycles. The molecule has 0 bridgehead atoms. The predicted octanol–water partition coefficient (Wildman–Crippen LogP) is 2.39. The third kappa shape index (κ3) is 2.83. The molecule has 0 spiro atoms. The summed E-state index contributed by atoms with van der Waals surface area (Å²) in [6, 6.07) is 0. The summed E-state index contributed by atoms with van der Waals surface area (Å²) >= 11 is 0. The van der Waals surface area contributed by atoms with Crippen molar-refractivity contribution < 1.29 is 14.2 Å². The van der Waals surface area contributed by atoms with Gasteiger partial charge in [0.1, 0.15) is 0 Å². The molecule has 3 saturated heterocycles. The van der Waals surface area contributed by atoms with Crippen LogP contribution in [0.5, 0.6) is 0 Å². The topological polar surface area (TPSA) is 27.7 Å². The van der Waals surface area contributed by atoms with Gasteiger partial charge in [0, 0.05) is 26.4 Å². The van der Waals surface area contributed by atoms with E-state index in [-0.39, 0.29) is 0 Å². The summed E-state index contributed by atoms with van der Waals surface area (Å²) in [6.45, 7) is 3.80. The van der Waals surface area contributed by atoms with E-state index < -0.39 is 0 Å². The van der Waals surface area contributed by atoms with Crippen LogP contribution in [-0.2, 0) is 14.2 Å². The molecule has 0 aliphatic carbocycles. The van der Waals surface area contributed by atoms with E-state index in [1.165, 1.54) is 38.5 Å². The SMILES string of the molecule is C1COCC(C2CCOC(C3CCCO3)C2)C1. The Balaban J connectivity index is 1.54. The molecule has 3 aliphatic rings. The Hall–Kier alpha value is -0.120. The van der Waals surface area contributed by atoms with E-state index in [0.717, 1.165) is 38.3 Å². The van der Waals surface area contributed by atoms with Gasteiger partial charge < -0.3 is 14.2 Å². The van der Waals surface area contributed by atoms with Gasteiger partial charge in [0.05, 0.1) is 12.2 Å². The molecule has 3 fully saturated rings. The number of hydrogen-bond donors (Lipinski definition) is 0. The Kier molecular flexibility index (Phi) is 3.99. The molecule has 0 N–H and O–H groups in total. The minimum absolute atomic E-state index is 0.359. The summed E-state index contributed by atoms with van der Waals surface area (Å²) in [6.07, 6.45) is 8.15. The van der Waals surface area contributed by atoms with Crippen molar-refractivity contribution in [3.05, 3.63) is 0 Å². The Bertz CT molecular complexity index is 232. The second kappa shape index (κ2) is 5.68. The molecule has 0 aromatic carbocycles. The fourth-order valence-corrected chi connectivity index (χ4v) is 3.58. The molecule has 17 heavy (non-hydrogen) atoms. The molecule has 3 heterocycles. The zero-order valence-electron chi connectivity index (χ0n) is 10.6. The van der Waals surface area contributed by atoms with E-state index in [4.69, 9.17) is 14.2 Å². The molecule has 3 heteroatoms. The number of hydrogen-bond acceptors (Lipinski definition) is 3. The van der Waals surface area contributed by atoms with E-state index in [0.29, 0.717) is 12.2 Å². The van der Waals surface area contributed by atoms with Crippen LogP contribution in [0.15, 0.2) is 0 Å². The highest BCUT2D eigenvalue weighted by Crippen LogP contribution is 2.35. The van der Waals surface area contributed by atoms with Gasteiger partial charge in [-0.25, -0.2) is 0 Å². The van der Waals surface area contributed by atoms with Gasteiger partial charge in [-0.15, -0.1) is 0 Å². The molecular formula is C14H24O3. The van der Waals surface area contributed by atoms with Gasteiger partial charge in [-0.3, -0.25) is 0 Å². The summed E-state index contributed by atoms with van der Waals surface area (Å²) in [5, 5.41) is 0. The van der Waals surface area contributed by atoms with Crippen LogP contribution >= 0.6 is 0 Å². The van der Waals surface area contributed by atoms with Crippen LogP contribution in [0.1, 0.15) is 38.5 Å². The number of ether oxygens (including phenoxy) is 3. The van der Waals surface area contributed by atoms with E-state index in [1.54, 1.807) is 0 Å². The van der Waals surface area contributed by atoms with E-state index >= 15 is 0 Å². The Morgan fingerprint density at radius 1 is 0.706 bits per heavy atom. The van der Waals surface area contributed by atoms with Crippen molar-refractivity contribution in [2.45, 2.75) is 50.7 Å². The van der Waals surface area contributed by atoms with Crippen LogP contribution in [0.25, 0.3) is 0 Å². The lowest BCUT2D eigenvalue weighted by Gasteiger charge is -2.38. The standard InChI is InChI=1S/C14H24O3/c1-3-12(10-15-6-1)11-5-8-17-14(9-11)13-4-2-7-16-13/h11-14H,1-10H2. The molecule has 4 atom stereocenters. The summed E-state index contributed by atoms with van der Waals surface area (Å²) < 4.78 is 17.3. The largest absolute Gasteiger partial charge is 0.381 e. The van der Waals surface area contributed by atoms with E-state index in [2.05, 4.69) is 0 Å². The van der Waals surface area contributed by atoms with Crippen molar-refractivity contribution in [3.63, 3.8) is 0 Å². The molecule has 0 aromatic heterocycles. The molecule has 3 aliphatic heterocycles. The van der Waals surface area contributed by atoms with Crippen molar-refractivity contribution in [2.24, 2.45) is 11.8 Å². The molecule has 4 unspecified atom stereocenters. The summed E-state index contributed by atoms with van der Waals surface area (Å²) in [7, 11) is 0. The average Bonchev–Trinajstić information content (AvgIpc) is 2.94. The molecule has 0 amide bonds. The fourth-order valence-electron chi connectivity index (χ4n) is 3.58. The third-order valence-corrected chi connectivity index (χ3v) is 4.60. The first-order valence-electron chi connectivity index (χ1n) is 7.24. The molecule has 0 radical (unpaired) electrons. The van der Waals surface area contributed by atoms with Crippen molar-refractivity contribution >= 4 is 0 Å². The summed E-state index contributed by atoms with van der Waals surface area (Å²) in [5.41, 5.74) is 0. The lowest BCUT2D eigenvalue weighted by atomic mass is 9.80. The highest BCUT2D eigenvalue weighted by atomic mass is 16.5. The second-order valence-electron chi connectivity index (χ2n) is 5.72. The highest BCUT2D eigenvalue weighted by molar-refractivity contribution is 4.84. The van der Waals surface area contributed by atoms with Gasteiger partial charge in [-0.2, -0.15) is 0 Å². The Morgan fingerprint density at radius 3 is 2.35 bits per heavy atom. The predicted molar refractivity (Wildman–Crippen MR) is 65.0 cm³/mol. The van der Waals surface area contributed by atoms with Gasteiger partial charge in [0.25, 0.3) is 0 Å². The molecule has 3 rings (SSSR count). The maximum atomic E-state index is 5.92. The van der Waals surface area contributed by atoms with E-state index in [9.17, 15) is 0 Å². The van der Waals surface area contributed by atoms with Crippen LogP contribution in [0.4, 0.5) is 0 Å². The number of rotatable bonds is 2. The quantitative estimate of drug-likeness (QED) is 0.741. The lowest BCUT2D eigenvalue weighted by Crippen LogP contribution is -2.39. The summed E-state index contributed by atoms with van der Waals surface area (Å²) in [4.78, 5) is 0. The summed E-state index contributed by atoms with van der Waals surface area (Å²) in [5.74, 6) is 1.58. The Labute approximate surface area is 104 Å². The fraction of sp³-hybridized carbons (Fsp3) is 1.00. The van der Waals surface area contributed by atoms with E-state index in [1.807, 2.05) is 0 Å². The van der Waals surface area contributed by atoms with Crippen molar-refractivity contribution in [3.8, 4) is 0 Å². The van der Waals surface area contributed by atoms with Gasteiger partial charge in [-0.05, 0) is 50.4 Å². The van der Waals surface area contributed by atoms with Gasteiger partial charge in [0.15, 0.2) is 0 Å².